The number of ketones is 1. The molecule has 0 N–H and O–H groups in total. The second-order valence-corrected chi connectivity index (χ2v) is 10.0. The first-order valence-corrected chi connectivity index (χ1v) is 11.1. The minimum atomic E-state index is -0.0147. The van der Waals surface area contributed by atoms with Gasteiger partial charge in [0.1, 0.15) is 5.78 Å². The van der Waals surface area contributed by atoms with Crippen LogP contribution in [0.4, 0.5) is 0 Å². The van der Waals surface area contributed by atoms with Crippen molar-refractivity contribution in [1.29, 1.82) is 0 Å². The molecule has 4 aliphatic carbocycles. The Balaban J connectivity index is 1.31. The Morgan fingerprint density at radius 3 is 2.37 bits per heavy atom. The topological polar surface area (TPSA) is 47.8 Å². The third kappa shape index (κ3) is 2.95. The highest BCUT2D eigenvalue weighted by Crippen LogP contribution is 2.60. The summed E-state index contributed by atoms with van der Waals surface area (Å²) in [5, 5.41) is 9.61. The second-order valence-electron chi connectivity index (χ2n) is 9.09. The van der Waals surface area contributed by atoms with Gasteiger partial charge < -0.3 is 4.57 Å². The lowest BCUT2D eigenvalue weighted by Crippen LogP contribution is -2.50. The van der Waals surface area contributed by atoms with Crippen LogP contribution in [0, 0.1) is 30.1 Å². The molecule has 0 aliphatic heterocycles. The van der Waals surface area contributed by atoms with E-state index in [4.69, 9.17) is 0 Å². The van der Waals surface area contributed by atoms with Crippen molar-refractivity contribution in [2.45, 2.75) is 50.6 Å². The van der Waals surface area contributed by atoms with E-state index in [9.17, 15) is 4.79 Å². The molecule has 1 aromatic heterocycles. The first kappa shape index (κ1) is 17.5. The SMILES string of the molecule is Cc1ccccc1-c1nnc(SCC(=O)C23CC4CC(CC(C4)C2)C3)n1C. The van der Waals surface area contributed by atoms with Crippen molar-refractivity contribution in [1.82, 2.24) is 14.8 Å². The van der Waals surface area contributed by atoms with Crippen LogP contribution in [0.2, 0.25) is 0 Å². The van der Waals surface area contributed by atoms with Crippen LogP contribution >= 0.6 is 11.8 Å². The van der Waals surface area contributed by atoms with Crippen molar-refractivity contribution in [3.8, 4) is 11.4 Å². The molecule has 0 unspecified atom stereocenters. The van der Waals surface area contributed by atoms with Gasteiger partial charge in [-0.15, -0.1) is 10.2 Å². The lowest BCUT2D eigenvalue weighted by molar-refractivity contribution is -0.141. The van der Waals surface area contributed by atoms with E-state index >= 15 is 0 Å². The molecule has 0 amide bonds. The van der Waals surface area contributed by atoms with Crippen molar-refractivity contribution in [3.05, 3.63) is 29.8 Å². The van der Waals surface area contributed by atoms with E-state index in [2.05, 4.69) is 29.3 Å². The van der Waals surface area contributed by atoms with Crippen molar-refractivity contribution < 1.29 is 4.79 Å². The maximum absolute atomic E-state index is 13.2. The van der Waals surface area contributed by atoms with Crippen molar-refractivity contribution in [2.75, 3.05) is 5.75 Å². The Bertz CT molecular complexity index is 852. The lowest BCUT2D eigenvalue weighted by Gasteiger charge is -2.56. The van der Waals surface area contributed by atoms with Gasteiger partial charge in [0.05, 0.1) is 5.75 Å². The molecule has 4 aliphatic rings. The summed E-state index contributed by atoms with van der Waals surface area (Å²) in [7, 11) is 2.00. The molecule has 27 heavy (non-hydrogen) atoms. The van der Waals surface area contributed by atoms with Gasteiger partial charge in [0.25, 0.3) is 0 Å². The first-order chi connectivity index (χ1) is 13.0. The molecule has 0 radical (unpaired) electrons. The van der Waals surface area contributed by atoms with Gasteiger partial charge in [0, 0.05) is 18.0 Å². The van der Waals surface area contributed by atoms with Crippen LogP contribution in [0.25, 0.3) is 11.4 Å². The minimum Gasteiger partial charge on any atom is -0.305 e. The number of hydrogen-bond donors (Lipinski definition) is 0. The Morgan fingerprint density at radius 2 is 1.74 bits per heavy atom. The van der Waals surface area contributed by atoms with E-state index in [1.165, 1.54) is 24.8 Å². The number of hydrogen-bond acceptors (Lipinski definition) is 4. The zero-order chi connectivity index (χ0) is 18.6. The number of carbonyl (C=O) groups excluding carboxylic acids is 1. The summed E-state index contributed by atoms with van der Waals surface area (Å²) < 4.78 is 2.03. The Hall–Kier alpha value is -1.62. The van der Waals surface area contributed by atoms with Gasteiger partial charge in [-0.2, -0.15) is 0 Å². The monoisotopic (exact) mass is 381 g/mol. The number of rotatable bonds is 5. The molecule has 1 aromatic carbocycles. The van der Waals surface area contributed by atoms with E-state index in [-0.39, 0.29) is 5.41 Å². The van der Waals surface area contributed by atoms with E-state index in [0.717, 1.165) is 53.6 Å². The van der Waals surface area contributed by atoms with Crippen LogP contribution < -0.4 is 0 Å². The lowest BCUT2D eigenvalue weighted by atomic mass is 9.48. The van der Waals surface area contributed by atoms with E-state index in [1.54, 1.807) is 11.8 Å². The number of benzene rings is 1. The summed E-state index contributed by atoms with van der Waals surface area (Å²) in [6, 6.07) is 8.23. The van der Waals surface area contributed by atoms with Crippen LogP contribution in [-0.2, 0) is 11.8 Å². The van der Waals surface area contributed by atoms with Crippen molar-refractivity contribution in [2.24, 2.45) is 30.2 Å². The fourth-order valence-corrected chi connectivity index (χ4v) is 7.18. The molecule has 4 saturated carbocycles. The predicted molar refractivity (Wildman–Crippen MR) is 108 cm³/mol. The van der Waals surface area contributed by atoms with Gasteiger partial charge in [-0.3, -0.25) is 4.79 Å². The summed E-state index contributed by atoms with van der Waals surface area (Å²) in [4.78, 5) is 13.2. The smallest absolute Gasteiger partial charge is 0.191 e. The van der Waals surface area contributed by atoms with Crippen LogP contribution in [0.5, 0.6) is 0 Å². The van der Waals surface area contributed by atoms with Gasteiger partial charge in [-0.1, -0.05) is 36.0 Å². The molecule has 0 saturated heterocycles. The number of Topliss-reactive ketones (excluding diaryl/α,β-unsaturated/α-hetero) is 1. The summed E-state index contributed by atoms with van der Waals surface area (Å²) in [5.74, 6) is 4.31. The zero-order valence-corrected chi connectivity index (χ0v) is 17.0. The van der Waals surface area contributed by atoms with Crippen molar-refractivity contribution in [3.63, 3.8) is 0 Å². The molecule has 4 nitrogen and oxygen atoms in total. The van der Waals surface area contributed by atoms with Crippen LogP contribution in [0.15, 0.2) is 29.4 Å². The Kier molecular flexibility index (Phi) is 4.19. The average Bonchev–Trinajstić information content (AvgIpc) is 2.99. The van der Waals surface area contributed by atoms with Gasteiger partial charge >= 0.3 is 0 Å². The molecule has 0 spiro atoms. The highest BCUT2D eigenvalue weighted by Gasteiger charge is 2.54. The quantitative estimate of drug-likeness (QED) is 0.706. The molecule has 142 valence electrons. The maximum atomic E-state index is 13.2. The molecule has 6 rings (SSSR count). The van der Waals surface area contributed by atoms with Crippen LogP contribution in [0.3, 0.4) is 0 Å². The van der Waals surface area contributed by atoms with E-state index in [1.807, 2.05) is 23.7 Å². The number of carbonyl (C=O) groups is 1. The highest BCUT2D eigenvalue weighted by atomic mass is 32.2. The molecule has 0 atom stereocenters. The molecule has 1 heterocycles. The van der Waals surface area contributed by atoms with Gasteiger partial charge in [-0.25, -0.2) is 0 Å². The highest BCUT2D eigenvalue weighted by molar-refractivity contribution is 7.99. The van der Waals surface area contributed by atoms with Crippen molar-refractivity contribution >= 4 is 17.5 Å². The summed E-state index contributed by atoms with van der Waals surface area (Å²) >= 11 is 1.57. The van der Waals surface area contributed by atoms with Gasteiger partial charge in [0.2, 0.25) is 0 Å². The summed E-state index contributed by atoms with van der Waals surface area (Å²) in [6.07, 6.45) is 7.57. The number of aromatic nitrogens is 3. The number of thioether (sulfide) groups is 1. The number of aryl methyl sites for hydroxylation is 1. The molecular weight excluding hydrogens is 354 g/mol. The fourth-order valence-electron chi connectivity index (χ4n) is 6.23. The normalized spacial score (nSPS) is 31.4. The standard InChI is InChI=1S/C22H27N3OS/c1-14-5-3-4-6-18(14)20-23-24-21(25(20)2)27-13-19(26)22-10-15-7-16(11-22)9-17(8-15)12-22/h3-6,15-17H,7-13H2,1-2H3. The average molecular weight is 382 g/mol. The fraction of sp³-hybridized carbons (Fsp3) is 0.591. The molecule has 2 aromatic rings. The van der Waals surface area contributed by atoms with Crippen LogP contribution in [0.1, 0.15) is 44.1 Å². The first-order valence-electron chi connectivity index (χ1n) is 10.2. The summed E-state index contributed by atoms with van der Waals surface area (Å²) in [5.41, 5.74) is 2.28. The number of nitrogens with zero attached hydrogens (tertiary/aromatic N) is 3. The Labute approximate surface area is 165 Å². The third-order valence-electron chi connectivity index (χ3n) is 7.18. The molecular formula is C22H27N3OS. The third-order valence-corrected chi connectivity index (χ3v) is 8.20. The molecule has 5 heteroatoms. The largest absolute Gasteiger partial charge is 0.305 e. The van der Waals surface area contributed by atoms with E-state index in [0.29, 0.717) is 11.5 Å². The zero-order valence-electron chi connectivity index (χ0n) is 16.1. The minimum absolute atomic E-state index is 0.0147. The van der Waals surface area contributed by atoms with Gasteiger partial charge in [0.15, 0.2) is 11.0 Å². The predicted octanol–water partition coefficient (Wildman–Crippen LogP) is 4.67. The van der Waals surface area contributed by atoms with E-state index < -0.39 is 0 Å². The summed E-state index contributed by atoms with van der Waals surface area (Å²) in [6.45, 7) is 2.09. The maximum Gasteiger partial charge on any atom is 0.191 e. The second kappa shape index (κ2) is 6.47. The van der Waals surface area contributed by atoms with Crippen LogP contribution in [-0.4, -0.2) is 26.3 Å². The van der Waals surface area contributed by atoms with Gasteiger partial charge in [-0.05, 0) is 68.8 Å². The molecule has 4 fully saturated rings. The Morgan fingerprint density at radius 1 is 1.11 bits per heavy atom. The molecule has 4 bridgehead atoms.